The number of aliphatic hydroxyl groups excluding tert-OH is 1. The fraction of sp³-hybridized carbons (Fsp3) is 0.300. The predicted octanol–water partition coefficient (Wildman–Crippen LogP) is 1.78. The third kappa shape index (κ3) is 2.94. The van der Waals surface area contributed by atoms with Crippen molar-refractivity contribution >= 4 is 22.8 Å². The molecule has 0 aliphatic rings. The highest BCUT2D eigenvalue weighted by molar-refractivity contribution is 5.77. The topological polar surface area (TPSA) is 101 Å². The largest absolute Gasteiger partial charge is 0.423 e. The lowest BCUT2D eigenvalue weighted by molar-refractivity contribution is -0.384. The molecule has 2 rings (SSSR count). The minimum Gasteiger partial charge on any atom is -0.423 e. The number of nitro groups is 1. The molecule has 0 bridgehead atoms. The number of non-ortho nitro benzene ring substituents is 1. The number of hydrogen-bond acceptors (Lipinski definition) is 6. The second kappa shape index (κ2) is 4.76. The van der Waals surface area contributed by atoms with Crippen LogP contribution in [0.3, 0.4) is 0 Å². The summed E-state index contributed by atoms with van der Waals surface area (Å²) in [6.07, 6.45) is 0. The molecule has 0 aliphatic heterocycles. The molecule has 2 aromatic rings. The van der Waals surface area contributed by atoms with Gasteiger partial charge in [-0.3, -0.25) is 10.1 Å². The molecule has 7 nitrogen and oxygen atoms in total. The van der Waals surface area contributed by atoms with E-state index in [9.17, 15) is 18.9 Å². The van der Waals surface area contributed by atoms with Crippen LogP contribution in [0, 0.1) is 10.1 Å². The van der Waals surface area contributed by atoms with Gasteiger partial charge in [-0.15, -0.1) is 0 Å². The van der Waals surface area contributed by atoms with Crippen molar-refractivity contribution in [2.45, 2.75) is 5.92 Å². The third-order valence-electron chi connectivity index (χ3n) is 2.31. The van der Waals surface area contributed by atoms with E-state index < -0.39 is 24.0 Å². The summed E-state index contributed by atoms with van der Waals surface area (Å²) in [6.45, 7) is -2.15. The maximum absolute atomic E-state index is 12.8. The van der Waals surface area contributed by atoms with Crippen molar-refractivity contribution in [1.29, 1.82) is 0 Å². The first-order chi connectivity index (χ1) is 8.91. The van der Waals surface area contributed by atoms with Gasteiger partial charge in [0.15, 0.2) is 5.58 Å². The van der Waals surface area contributed by atoms with E-state index in [4.69, 9.17) is 9.52 Å². The van der Waals surface area contributed by atoms with Gasteiger partial charge in [0.05, 0.1) is 17.5 Å². The lowest BCUT2D eigenvalue weighted by Gasteiger charge is -2.12. The number of nitrogens with one attached hydrogen (secondary N) is 1. The Balaban J connectivity index is 2.20. The van der Waals surface area contributed by atoms with Gasteiger partial charge in [-0.05, 0) is 6.07 Å². The van der Waals surface area contributed by atoms with Crippen molar-refractivity contribution in [3.63, 3.8) is 0 Å². The highest BCUT2D eigenvalue weighted by Crippen LogP contribution is 2.24. The molecule has 1 aromatic heterocycles. The van der Waals surface area contributed by atoms with Crippen molar-refractivity contribution in [3.05, 3.63) is 28.3 Å². The Hall–Kier alpha value is -2.29. The van der Waals surface area contributed by atoms with E-state index in [0.29, 0.717) is 5.52 Å². The number of benzene rings is 1. The molecule has 0 radical (unpaired) electrons. The van der Waals surface area contributed by atoms with Gasteiger partial charge in [-0.2, -0.15) is 4.98 Å². The normalized spacial score (nSPS) is 11.7. The van der Waals surface area contributed by atoms with Crippen molar-refractivity contribution < 1.29 is 23.2 Å². The average molecular weight is 273 g/mol. The average Bonchev–Trinajstić information content (AvgIpc) is 2.78. The molecular formula is C10H9F2N3O4. The number of nitrogens with zero attached hydrogens (tertiary/aromatic N) is 2. The van der Waals surface area contributed by atoms with Crippen LogP contribution in [0.4, 0.5) is 20.5 Å². The van der Waals surface area contributed by atoms with Gasteiger partial charge in [0.1, 0.15) is 12.1 Å². The van der Waals surface area contributed by atoms with Crippen LogP contribution in [0.15, 0.2) is 22.6 Å². The molecule has 0 fully saturated rings. The second-order valence-electron chi connectivity index (χ2n) is 3.80. The molecule has 0 saturated heterocycles. The molecule has 19 heavy (non-hydrogen) atoms. The van der Waals surface area contributed by atoms with Crippen LogP contribution in [0.5, 0.6) is 0 Å². The highest BCUT2D eigenvalue weighted by atomic mass is 19.3. The summed E-state index contributed by atoms with van der Waals surface area (Å²) < 4.78 is 30.6. The molecule has 1 aromatic carbocycles. The monoisotopic (exact) mass is 273 g/mol. The number of rotatable bonds is 5. The minimum absolute atomic E-state index is 0.115. The van der Waals surface area contributed by atoms with Gasteiger partial charge in [-0.25, -0.2) is 8.78 Å². The summed E-state index contributed by atoms with van der Waals surface area (Å²) in [4.78, 5) is 13.8. The Morgan fingerprint density at radius 1 is 1.53 bits per heavy atom. The lowest BCUT2D eigenvalue weighted by atomic mass is 10.3. The zero-order valence-electron chi connectivity index (χ0n) is 9.47. The summed E-state index contributed by atoms with van der Waals surface area (Å²) in [5.74, 6) is -3.30. The predicted molar refractivity (Wildman–Crippen MR) is 61.2 cm³/mol. The van der Waals surface area contributed by atoms with Crippen LogP contribution >= 0.6 is 0 Å². The molecule has 0 atom stereocenters. The van der Waals surface area contributed by atoms with Crippen LogP contribution in [0.1, 0.15) is 0 Å². The first kappa shape index (κ1) is 13.1. The Kier molecular flexibility index (Phi) is 3.30. The van der Waals surface area contributed by atoms with Gasteiger partial charge in [0.25, 0.3) is 17.6 Å². The SMILES string of the molecule is O=[N+]([O-])c1ccc2nc(NCC(F)(F)CO)oc2c1. The molecule has 102 valence electrons. The van der Waals surface area contributed by atoms with Crippen molar-refractivity contribution in [3.8, 4) is 0 Å². The molecule has 0 unspecified atom stereocenters. The number of aromatic nitrogens is 1. The smallest absolute Gasteiger partial charge is 0.295 e. The second-order valence-corrected chi connectivity index (χ2v) is 3.80. The summed E-state index contributed by atoms with van der Waals surface area (Å²) in [5.41, 5.74) is 0.236. The molecule has 2 N–H and O–H groups in total. The Morgan fingerprint density at radius 2 is 2.26 bits per heavy atom. The summed E-state index contributed by atoms with van der Waals surface area (Å²) >= 11 is 0. The molecule has 0 spiro atoms. The van der Waals surface area contributed by atoms with Crippen LogP contribution in [-0.4, -0.2) is 34.1 Å². The number of fused-ring (bicyclic) bond motifs is 1. The van der Waals surface area contributed by atoms with Crippen LogP contribution in [-0.2, 0) is 0 Å². The molecule has 0 amide bonds. The molecule has 1 heterocycles. The summed E-state index contributed by atoms with van der Waals surface area (Å²) in [7, 11) is 0. The van der Waals surface area contributed by atoms with Crippen molar-refractivity contribution in [1.82, 2.24) is 4.98 Å². The lowest BCUT2D eigenvalue weighted by Crippen LogP contribution is -2.31. The minimum atomic E-state index is -3.30. The van der Waals surface area contributed by atoms with Gasteiger partial charge in [0, 0.05) is 6.07 Å². The Bertz CT molecular complexity index is 614. The maximum Gasteiger partial charge on any atom is 0.295 e. The molecular weight excluding hydrogens is 264 g/mol. The number of nitro benzene ring substituents is 1. The zero-order chi connectivity index (χ0) is 14.0. The number of alkyl halides is 2. The Labute approximate surface area is 105 Å². The van der Waals surface area contributed by atoms with Crippen LogP contribution < -0.4 is 5.32 Å². The number of anilines is 1. The van der Waals surface area contributed by atoms with E-state index in [1.54, 1.807) is 0 Å². The van der Waals surface area contributed by atoms with E-state index in [0.717, 1.165) is 6.07 Å². The van der Waals surface area contributed by atoms with E-state index in [2.05, 4.69) is 10.3 Å². The van der Waals surface area contributed by atoms with E-state index in [1.165, 1.54) is 12.1 Å². The molecule has 0 saturated carbocycles. The fourth-order valence-corrected chi connectivity index (χ4v) is 1.36. The van der Waals surface area contributed by atoms with E-state index >= 15 is 0 Å². The maximum atomic E-state index is 12.8. The van der Waals surface area contributed by atoms with Gasteiger partial charge in [0.2, 0.25) is 0 Å². The van der Waals surface area contributed by atoms with Gasteiger partial charge >= 0.3 is 0 Å². The fourth-order valence-electron chi connectivity index (χ4n) is 1.36. The standard InChI is InChI=1S/C10H9F2N3O4/c11-10(12,5-16)4-13-9-14-7-2-1-6(15(17)18)3-8(7)19-9/h1-3,16H,4-5H2,(H,13,14). The summed E-state index contributed by atoms with van der Waals surface area (Å²) in [6, 6.07) is 3.55. The molecule has 9 heteroatoms. The zero-order valence-corrected chi connectivity index (χ0v) is 9.47. The van der Waals surface area contributed by atoms with Crippen molar-refractivity contribution in [2.75, 3.05) is 18.5 Å². The van der Waals surface area contributed by atoms with E-state index in [1.807, 2.05) is 0 Å². The first-order valence-corrected chi connectivity index (χ1v) is 5.19. The van der Waals surface area contributed by atoms with Gasteiger partial charge < -0.3 is 14.8 Å². The number of halogens is 2. The highest BCUT2D eigenvalue weighted by Gasteiger charge is 2.28. The van der Waals surface area contributed by atoms with Crippen LogP contribution in [0.25, 0.3) is 11.1 Å². The molecule has 0 aliphatic carbocycles. The number of oxazole rings is 1. The number of aliphatic hydroxyl groups is 1. The summed E-state index contributed by atoms with van der Waals surface area (Å²) in [5, 5.41) is 21.2. The van der Waals surface area contributed by atoms with Crippen molar-refractivity contribution in [2.24, 2.45) is 0 Å². The van der Waals surface area contributed by atoms with E-state index in [-0.39, 0.29) is 17.3 Å². The quantitative estimate of drug-likeness (QED) is 0.636. The first-order valence-electron chi connectivity index (χ1n) is 5.19. The van der Waals surface area contributed by atoms with Crippen LogP contribution in [0.2, 0.25) is 0 Å². The Morgan fingerprint density at radius 3 is 2.89 bits per heavy atom. The van der Waals surface area contributed by atoms with Gasteiger partial charge in [-0.1, -0.05) is 0 Å². The number of hydrogen-bond donors (Lipinski definition) is 2. The third-order valence-corrected chi connectivity index (χ3v) is 2.31.